The first-order chi connectivity index (χ1) is 15.0. The molecule has 1 aliphatic heterocycles. The average Bonchev–Trinajstić information content (AvgIpc) is 3.10. The van der Waals surface area contributed by atoms with Gasteiger partial charge in [-0.25, -0.2) is 8.42 Å². The van der Waals surface area contributed by atoms with E-state index in [2.05, 4.69) is 0 Å². The summed E-state index contributed by atoms with van der Waals surface area (Å²) in [7, 11) is -3.53. The molecule has 5 nitrogen and oxygen atoms in total. The zero-order valence-corrected chi connectivity index (χ0v) is 18.6. The fourth-order valence-corrected chi connectivity index (χ4v) is 5.74. The number of sulfonamides is 1. The van der Waals surface area contributed by atoms with Crippen molar-refractivity contribution in [1.29, 1.82) is 0 Å². The number of hydrogen-bond acceptors (Lipinski definition) is 3. The van der Waals surface area contributed by atoms with Crippen LogP contribution in [0.2, 0.25) is 0 Å². The van der Waals surface area contributed by atoms with Crippen LogP contribution in [-0.4, -0.2) is 38.3 Å². The summed E-state index contributed by atoms with van der Waals surface area (Å²) in [5.74, 6) is -0.141. The Morgan fingerprint density at radius 2 is 1.52 bits per heavy atom. The Kier molecular flexibility index (Phi) is 6.39. The summed E-state index contributed by atoms with van der Waals surface area (Å²) in [6, 6.07) is 20.3. The van der Waals surface area contributed by atoms with Gasteiger partial charge in [0.1, 0.15) is 0 Å². The number of carbonyl (C=O) groups excluding carboxylic acids is 1. The van der Waals surface area contributed by atoms with E-state index in [1.54, 1.807) is 33.5 Å². The van der Waals surface area contributed by atoms with Gasteiger partial charge < -0.3 is 4.90 Å². The number of hydrogen-bond donors (Lipinski definition) is 0. The minimum Gasteiger partial charge on any atom is -0.308 e. The van der Waals surface area contributed by atoms with Gasteiger partial charge >= 0.3 is 0 Å². The highest BCUT2D eigenvalue weighted by atomic mass is 32.2. The van der Waals surface area contributed by atoms with E-state index < -0.39 is 10.0 Å². The fraction of sp³-hybridized carbons (Fsp3) is 0.320. The van der Waals surface area contributed by atoms with Crippen LogP contribution in [0.5, 0.6) is 0 Å². The van der Waals surface area contributed by atoms with Crippen molar-refractivity contribution in [1.82, 2.24) is 4.31 Å². The van der Waals surface area contributed by atoms with E-state index in [0.29, 0.717) is 25.2 Å². The Bertz CT molecular complexity index is 1160. The number of rotatable bonds is 5. The summed E-state index contributed by atoms with van der Waals surface area (Å²) in [5, 5.41) is 2.09. The molecule has 6 heteroatoms. The predicted molar refractivity (Wildman–Crippen MR) is 125 cm³/mol. The molecule has 1 saturated heterocycles. The normalized spacial score (nSPS) is 15.5. The zero-order valence-electron chi connectivity index (χ0n) is 17.8. The molecule has 0 saturated carbocycles. The SMILES string of the molecule is CCN(C(=O)c1ccc(S(=O)(=O)N2CCCCCC2)cc1)c1cccc2ccccc12. The third kappa shape index (κ3) is 4.36. The van der Waals surface area contributed by atoms with Crippen molar-refractivity contribution in [2.45, 2.75) is 37.5 Å². The molecular formula is C25H28N2O3S. The number of nitrogens with zero attached hydrogens (tertiary/aromatic N) is 2. The standard InChI is InChI=1S/C25H28N2O3S/c1-2-27(24-13-9-11-20-10-5-6-12-23(20)24)25(28)21-14-16-22(17-15-21)31(29,30)26-18-7-3-4-8-19-26/h5-6,9-17H,2-4,7-8,18-19H2,1H3. The van der Waals surface area contributed by atoms with Crippen molar-refractivity contribution in [3.63, 3.8) is 0 Å². The molecule has 0 atom stereocenters. The Morgan fingerprint density at radius 3 is 2.19 bits per heavy atom. The average molecular weight is 437 g/mol. The molecule has 1 heterocycles. The van der Waals surface area contributed by atoms with Crippen LogP contribution in [0.3, 0.4) is 0 Å². The Hall–Kier alpha value is -2.70. The number of amides is 1. The van der Waals surface area contributed by atoms with Crippen molar-refractivity contribution in [3.8, 4) is 0 Å². The predicted octanol–water partition coefficient (Wildman–Crippen LogP) is 5.07. The first kappa shape index (κ1) is 21.5. The summed E-state index contributed by atoms with van der Waals surface area (Å²) in [4.78, 5) is 15.3. The van der Waals surface area contributed by atoms with E-state index in [0.717, 1.165) is 42.1 Å². The van der Waals surface area contributed by atoms with Gasteiger partial charge in [-0.05, 0) is 55.5 Å². The molecule has 1 fully saturated rings. The van der Waals surface area contributed by atoms with Crippen molar-refractivity contribution in [3.05, 3.63) is 72.3 Å². The van der Waals surface area contributed by atoms with Crippen molar-refractivity contribution in [2.24, 2.45) is 0 Å². The van der Waals surface area contributed by atoms with Crippen LogP contribution in [-0.2, 0) is 10.0 Å². The monoisotopic (exact) mass is 436 g/mol. The Labute approximate surface area is 184 Å². The van der Waals surface area contributed by atoms with Gasteiger partial charge in [0.15, 0.2) is 0 Å². The summed E-state index contributed by atoms with van der Waals surface area (Å²) in [5.41, 5.74) is 1.33. The number of benzene rings is 3. The molecule has 0 N–H and O–H groups in total. The van der Waals surface area contributed by atoms with E-state index in [-0.39, 0.29) is 10.8 Å². The van der Waals surface area contributed by atoms with E-state index in [9.17, 15) is 13.2 Å². The van der Waals surface area contributed by atoms with Crippen molar-refractivity contribution >= 4 is 32.4 Å². The molecule has 162 valence electrons. The van der Waals surface area contributed by atoms with Gasteiger partial charge in [0, 0.05) is 30.6 Å². The van der Waals surface area contributed by atoms with Crippen LogP contribution >= 0.6 is 0 Å². The second-order valence-corrected chi connectivity index (χ2v) is 9.83. The van der Waals surface area contributed by atoms with Crippen LogP contribution in [0.15, 0.2) is 71.6 Å². The molecule has 1 amide bonds. The zero-order chi connectivity index (χ0) is 21.8. The Balaban J connectivity index is 1.61. The highest BCUT2D eigenvalue weighted by molar-refractivity contribution is 7.89. The summed E-state index contributed by atoms with van der Waals surface area (Å²) >= 11 is 0. The van der Waals surface area contributed by atoms with Crippen LogP contribution in [0.25, 0.3) is 10.8 Å². The first-order valence-corrected chi connectivity index (χ1v) is 12.4. The molecule has 4 rings (SSSR count). The van der Waals surface area contributed by atoms with E-state index >= 15 is 0 Å². The third-order valence-electron chi connectivity index (χ3n) is 5.92. The molecular weight excluding hydrogens is 408 g/mol. The molecule has 1 aliphatic rings. The molecule has 31 heavy (non-hydrogen) atoms. The van der Waals surface area contributed by atoms with Gasteiger partial charge in [0.25, 0.3) is 5.91 Å². The van der Waals surface area contributed by atoms with Gasteiger partial charge in [0.2, 0.25) is 10.0 Å². The number of fused-ring (bicyclic) bond motifs is 1. The summed E-state index contributed by atoms with van der Waals surface area (Å²) < 4.78 is 27.6. The van der Waals surface area contributed by atoms with Gasteiger partial charge in [-0.15, -0.1) is 0 Å². The van der Waals surface area contributed by atoms with E-state index in [4.69, 9.17) is 0 Å². The molecule has 0 unspecified atom stereocenters. The minimum absolute atomic E-state index is 0.141. The maximum absolute atomic E-state index is 13.3. The first-order valence-electron chi connectivity index (χ1n) is 10.9. The highest BCUT2D eigenvalue weighted by Gasteiger charge is 2.26. The maximum atomic E-state index is 13.3. The second kappa shape index (κ2) is 9.20. The molecule has 0 bridgehead atoms. The largest absolute Gasteiger partial charge is 0.308 e. The van der Waals surface area contributed by atoms with Crippen LogP contribution < -0.4 is 4.90 Å². The lowest BCUT2D eigenvalue weighted by atomic mass is 10.1. The quantitative estimate of drug-likeness (QED) is 0.561. The fourth-order valence-electron chi connectivity index (χ4n) is 4.22. The highest BCUT2D eigenvalue weighted by Crippen LogP contribution is 2.28. The number of anilines is 1. The van der Waals surface area contributed by atoms with E-state index in [1.165, 1.54) is 0 Å². The van der Waals surface area contributed by atoms with Crippen LogP contribution in [0.1, 0.15) is 43.0 Å². The molecule has 0 radical (unpaired) electrons. The van der Waals surface area contributed by atoms with Crippen molar-refractivity contribution < 1.29 is 13.2 Å². The molecule has 3 aromatic carbocycles. The third-order valence-corrected chi connectivity index (χ3v) is 7.84. The lowest BCUT2D eigenvalue weighted by Crippen LogP contribution is -2.32. The smallest absolute Gasteiger partial charge is 0.258 e. The maximum Gasteiger partial charge on any atom is 0.258 e. The van der Waals surface area contributed by atoms with Gasteiger partial charge in [-0.2, -0.15) is 4.31 Å². The molecule has 0 aromatic heterocycles. The summed E-state index contributed by atoms with van der Waals surface area (Å²) in [6.45, 7) is 3.58. The Morgan fingerprint density at radius 1 is 0.871 bits per heavy atom. The topological polar surface area (TPSA) is 57.7 Å². The van der Waals surface area contributed by atoms with Gasteiger partial charge in [0.05, 0.1) is 10.6 Å². The van der Waals surface area contributed by atoms with E-state index in [1.807, 2.05) is 49.4 Å². The van der Waals surface area contributed by atoms with Gasteiger partial charge in [-0.1, -0.05) is 49.2 Å². The lowest BCUT2D eigenvalue weighted by Gasteiger charge is -2.23. The molecule has 0 aliphatic carbocycles. The van der Waals surface area contributed by atoms with Crippen LogP contribution in [0, 0.1) is 0 Å². The molecule has 0 spiro atoms. The lowest BCUT2D eigenvalue weighted by molar-refractivity contribution is 0.0988. The summed E-state index contributed by atoms with van der Waals surface area (Å²) in [6.07, 6.45) is 3.93. The van der Waals surface area contributed by atoms with Crippen molar-refractivity contribution in [2.75, 3.05) is 24.5 Å². The molecule has 3 aromatic rings. The van der Waals surface area contributed by atoms with Gasteiger partial charge in [-0.3, -0.25) is 4.79 Å². The number of carbonyl (C=O) groups is 1. The minimum atomic E-state index is -3.53. The van der Waals surface area contributed by atoms with Crippen LogP contribution in [0.4, 0.5) is 5.69 Å². The second-order valence-electron chi connectivity index (χ2n) is 7.89.